The Labute approximate surface area is 78.5 Å². The largest absolute Gasteiger partial charge is 0.506 e. The highest BCUT2D eigenvalue weighted by molar-refractivity contribution is 6.32. The van der Waals surface area contributed by atoms with Gasteiger partial charge >= 0.3 is 0 Å². The molecule has 0 heterocycles. The Morgan fingerprint density at radius 3 is 2.85 bits per heavy atom. The molecule has 0 saturated heterocycles. The minimum Gasteiger partial charge on any atom is -0.506 e. The highest BCUT2D eigenvalue weighted by Crippen LogP contribution is 2.28. The summed E-state index contributed by atoms with van der Waals surface area (Å²) in [4.78, 5) is 12.6. The maximum atomic E-state index is 12.9. The maximum absolute atomic E-state index is 12.9. The second-order valence-corrected chi connectivity index (χ2v) is 2.67. The number of phenols is 1. The molecule has 0 amide bonds. The third-order valence-electron chi connectivity index (χ3n) is 1.41. The van der Waals surface area contributed by atoms with Crippen LogP contribution in [0.4, 0.5) is 4.39 Å². The number of isocyanates is 1. The molecule has 0 aromatic heterocycles. The van der Waals surface area contributed by atoms with Crippen LogP contribution >= 0.6 is 11.6 Å². The molecule has 0 bridgehead atoms. The Morgan fingerprint density at radius 1 is 1.62 bits per heavy atom. The lowest BCUT2D eigenvalue weighted by Gasteiger charge is -2.02. The summed E-state index contributed by atoms with van der Waals surface area (Å²) in [6, 6.07) is 3.71. The molecular weight excluding hydrogens is 197 g/mol. The van der Waals surface area contributed by atoms with Crippen LogP contribution in [0.5, 0.6) is 5.75 Å². The molecule has 1 rings (SSSR count). The molecule has 3 nitrogen and oxygen atoms in total. The van der Waals surface area contributed by atoms with Gasteiger partial charge in [0.2, 0.25) is 12.4 Å². The van der Waals surface area contributed by atoms with E-state index in [-0.39, 0.29) is 16.3 Å². The van der Waals surface area contributed by atoms with Crippen LogP contribution in [0.1, 0.15) is 11.9 Å². The van der Waals surface area contributed by atoms with E-state index in [1.807, 2.05) is 0 Å². The van der Waals surface area contributed by atoms with Crippen LogP contribution in [-0.2, 0) is 4.79 Å². The summed E-state index contributed by atoms with van der Waals surface area (Å²) in [6.45, 7) is 0. The monoisotopic (exact) mass is 201 g/mol. The Kier molecular flexibility index (Phi) is 3.01. The summed E-state index contributed by atoms with van der Waals surface area (Å²) in [5.74, 6) is -0.146. The molecule has 0 spiro atoms. The molecule has 0 aliphatic carbocycles. The third-order valence-corrected chi connectivity index (χ3v) is 1.72. The highest BCUT2D eigenvalue weighted by atomic mass is 35.5. The maximum Gasteiger partial charge on any atom is 0.238 e. The SMILES string of the molecule is O=C=NC(F)c1ccc(O)c(Cl)c1. The van der Waals surface area contributed by atoms with Gasteiger partial charge in [0.15, 0.2) is 0 Å². The Morgan fingerprint density at radius 2 is 2.31 bits per heavy atom. The highest BCUT2D eigenvalue weighted by Gasteiger charge is 2.09. The molecule has 0 aliphatic heterocycles. The number of aliphatic imine (C=N–C) groups is 1. The van der Waals surface area contributed by atoms with E-state index >= 15 is 0 Å². The van der Waals surface area contributed by atoms with Crippen LogP contribution in [0.3, 0.4) is 0 Å². The molecule has 1 atom stereocenters. The van der Waals surface area contributed by atoms with Gasteiger partial charge in [-0.05, 0) is 12.1 Å². The molecule has 0 fully saturated rings. The summed E-state index contributed by atoms with van der Waals surface area (Å²) in [5.41, 5.74) is 0.103. The zero-order valence-electron chi connectivity index (χ0n) is 6.37. The molecular formula is C8H5ClFNO2. The van der Waals surface area contributed by atoms with Gasteiger partial charge in [-0.25, -0.2) is 9.18 Å². The topological polar surface area (TPSA) is 49.7 Å². The number of aromatic hydroxyl groups is 1. The Hall–Kier alpha value is -1.38. The average Bonchev–Trinajstić information content (AvgIpc) is 2.10. The lowest BCUT2D eigenvalue weighted by molar-refractivity contribution is 0.356. The van der Waals surface area contributed by atoms with Gasteiger partial charge in [0.05, 0.1) is 5.02 Å². The predicted octanol–water partition coefficient (Wildman–Crippen LogP) is 2.35. The van der Waals surface area contributed by atoms with Gasteiger partial charge in [0.25, 0.3) is 0 Å². The third kappa shape index (κ3) is 2.28. The first-order chi connectivity index (χ1) is 6.15. The number of halogens is 2. The first kappa shape index (κ1) is 9.71. The standard InChI is InChI=1S/C8H5ClFNO2/c9-6-3-5(1-2-7(6)13)8(10)11-4-12/h1-3,8,13H. The fraction of sp³-hybridized carbons (Fsp3) is 0.125. The molecule has 68 valence electrons. The van der Waals surface area contributed by atoms with Crippen LogP contribution in [0.15, 0.2) is 23.2 Å². The van der Waals surface area contributed by atoms with E-state index in [9.17, 15) is 9.18 Å². The number of carbonyl (C=O) groups excluding carboxylic acids is 1. The minimum atomic E-state index is -1.78. The van der Waals surface area contributed by atoms with Crippen molar-refractivity contribution in [1.82, 2.24) is 0 Å². The Balaban J connectivity index is 3.03. The smallest absolute Gasteiger partial charge is 0.238 e. The van der Waals surface area contributed by atoms with Crippen LogP contribution < -0.4 is 0 Å². The van der Waals surface area contributed by atoms with Crippen molar-refractivity contribution >= 4 is 17.7 Å². The van der Waals surface area contributed by atoms with Gasteiger partial charge in [-0.15, -0.1) is 0 Å². The van der Waals surface area contributed by atoms with Gasteiger partial charge in [0.1, 0.15) is 5.75 Å². The van der Waals surface area contributed by atoms with E-state index in [4.69, 9.17) is 16.7 Å². The van der Waals surface area contributed by atoms with Gasteiger partial charge in [-0.3, -0.25) is 0 Å². The summed E-state index contributed by atoms with van der Waals surface area (Å²) < 4.78 is 12.9. The molecule has 1 aromatic carbocycles. The summed E-state index contributed by atoms with van der Waals surface area (Å²) in [6.07, 6.45) is -0.687. The van der Waals surface area contributed by atoms with Gasteiger partial charge < -0.3 is 5.11 Å². The van der Waals surface area contributed by atoms with E-state index < -0.39 is 6.30 Å². The minimum absolute atomic E-state index is 0.0150. The number of rotatable bonds is 2. The quantitative estimate of drug-likeness (QED) is 0.454. The van der Waals surface area contributed by atoms with Gasteiger partial charge in [-0.2, -0.15) is 4.99 Å². The molecule has 5 heteroatoms. The van der Waals surface area contributed by atoms with E-state index in [0.717, 1.165) is 6.08 Å². The van der Waals surface area contributed by atoms with Crippen LogP contribution in [0.25, 0.3) is 0 Å². The Bertz CT molecular complexity index is 363. The summed E-state index contributed by atoms with van der Waals surface area (Å²) in [7, 11) is 0. The number of hydrogen-bond donors (Lipinski definition) is 1. The van der Waals surface area contributed by atoms with Crippen molar-refractivity contribution in [3.8, 4) is 5.75 Å². The lowest BCUT2D eigenvalue weighted by atomic mass is 10.2. The van der Waals surface area contributed by atoms with E-state index in [0.29, 0.717) is 0 Å². The molecule has 1 aromatic rings. The zero-order chi connectivity index (χ0) is 9.84. The first-order valence-electron chi connectivity index (χ1n) is 3.34. The fourth-order valence-corrected chi connectivity index (χ4v) is 0.981. The zero-order valence-corrected chi connectivity index (χ0v) is 7.12. The number of benzene rings is 1. The number of alkyl halides is 1. The lowest BCUT2D eigenvalue weighted by Crippen LogP contribution is -1.86. The van der Waals surface area contributed by atoms with Crippen molar-refractivity contribution in [3.05, 3.63) is 28.8 Å². The fourth-order valence-electron chi connectivity index (χ4n) is 0.792. The normalized spacial score (nSPS) is 11.8. The van der Waals surface area contributed by atoms with Gasteiger partial charge in [0, 0.05) is 5.56 Å². The second kappa shape index (κ2) is 4.03. The number of nitrogens with zero attached hydrogens (tertiary/aromatic N) is 1. The van der Waals surface area contributed by atoms with Crippen molar-refractivity contribution in [2.75, 3.05) is 0 Å². The van der Waals surface area contributed by atoms with Crippen molar-refractivity contribution in [3.63, 3.8) is 0 Å². The average molecular weight is 202 g/mol. The van der Waals surface area contributed by atoms with Gasteiger partial charge in [-0.1, -0.05) is 17.7 Å². The number of hydrogen-bond acceptors (Lipinski definition) is 3. The predicted molar refractivity (Wildman–Crippen MR) is 45.1 cm³/mol. The summed E-state index contributed by atoms with van der Waals surface area (Å²) in [5, 5.41) is 9.01. The van der Waals surface area contributed by atoms with Crippen LogP contribution in [0.2, 0.25) is 5.02 Å². The van der Waals surface area contributed by atoms with Crippen LogP contribution in [-0.4, -0.2) is 11.2 Å². The summed E-state index contributed by atoms with van der Waals surface area (Å²) >= 11 is 5.50. The van der Waals surface area contributed by atoms with Crippen molar-refractivity contribution in [2.24, 2.45) is 4.99 Å². The molecule has 0 saturated carbocycles. The van der Waals surface area contributed by atoms with Crippen molar-refractivity contribution in [2.45, 2.75) is 6.30 Å². The molecule has 0 radical (unpaired) electrons. The molecule has 1 N–H and O–H groups in total. The molecule has 13 heavy (non-hydrogen) atoms. The molecule has 0 aliphatic rings. The van der Waals surface area contributed by atoms with E-state index in [1.54, 1.807) is 0 Å². The second-order valence-electron chi connectivity index (χ2n) is 2.27. The van der Waals surface area contributed by atoms with E-state index in [2.05, 4.69) is 4.99 Å². The van der Waals surface area contributed by atoms with Crippen molar-refractivity contribution < 1.29 is 14.3 Å². The molecule has 1 unspecified atom stereocenters. The van der Waals surface area contributed by atoms with Crippen molar-refractivity contribution in [1.29, 1.82) is 0 Å². The van der Waals surface area contributed by atoms with Crippen LogP contribution in [0, 0.1) is 0 Å². The van der Waals surface area contributed by atoms with E-state index in [1.165, 1.54) is 18.2 Å². The number of phenolic OH excluding ortho intramolecular Hbond substituents is 1. The first-order valence-corrected chi connectivity index (χ1v) is 3.72.